The van der Waals surface area contributed by atoms with Gasteiger partial charge in [0.25, 0.3) is 0 Å². The minimum atomic E-state index is 0.225. The highest BCUT2D eigenvalue weighted by molar-refractivity contribution is 5.86. The number of aliphatic imine (C=N–C) groups is 1. The molecule has 1 N–H and O–H groups in total. The molecule has 0 unspecified atom stereocenters. The van der Waals surface area contributed by atoms with E-state index in [0.717, 1.165) is 30.4 Å². The van der Waals surface area contributed by atoms with Crippen molar-refractivity contribution in [2.45, 2.75) is 26.3 Å². The molecule has 4 heteroatoms. The average Bonchev–Trinajstić information content (AvgIpc) is 2.90. The highest BCUT2D eigenvalue weighted by Crippen LogP contribution is 2.23. The van der Waals surface area contributed by atoms with E-state index in [9.17, 15) is 5.11 Å². The molecule has 0 radical (unpaired) electrons. The van der Waals surface area contributed by atoms with E-state index in [1.807, 2.05) is 30.3 Å². The number of phenols is 1. The lowest BCUT2D eigenvalue weighted by atomic mass is 10.2. The summed E-state index contributed by atoms with van der Waals surface area (Å²) in [5.74, 6) is 0.903. The van der Waals surface area contributed by atoms with E-state index >= 15 is 0 Å². The zero-order valence-corrected chi connectivity index (χ0v) is 12.6. The van der Waals surface area contributed by atoms with Crippen molar-refractivity contribution in [2.75, 3.05) is 0 Å². The molecule has 1 aromatic heterocycles. The van der Waals surface area contributed by atoms with Crippen LogP contribution in [0.5, 0.6) is 5.75 Å². The molecule has 0 aliphatic rings. The van der Waals surface area contributed by atoms with E-state index in [2.05, 4.69) is 27.5 Å². The van der Waals surface area contributed by atoms with Gasteiger partial charge in [-0.3, -0.25) is 0 Å². The van der Waals surface area contributed by atoms with Gasteiger partial charge in [-0.1, -0.05) is 37.6 Å². The Morgan fingerprint density at radius 2 is 1.91 bits per heavy atom. The number of fused-ring (bicyclic) bond motifs is 1. The van der Waals surface area contributed by atoms with Crippen molar-refractivity contribution in [1.29, 1.82) is 0 Å². The number of nitrogens with zero attached hydrogens (tertiary/aromatic N) is 3. The maximum Gasteiger partial charge on any atom is 0.230 e. The van der Waals surface area contributed by atoms with E-state index < -0.39 is 0 Å². The lowest BCUT2D eigenvalue weighted by Gasteiger charge is -2.05. The third-order valence-electron chi connectivity index (χ3n) is 3.63. The predicted molar refractivity (Wildman–Crippen MR) is 90.0 cm³/mol. The van der Waals surface area contributed by atoms with Crippen LogP contribution in [0.25, 0.3) is 11.0 Å². The van der Waals surface area contributed by atoms with Crippen LogP contribution in [-0.2, 0) is 6.54 Å². The Morgan fingerprint density at radius 3 is 2.73 bits per heavy atom. The Kier molecular flexibility index (Phi) is 4.19. The zero-order chi connectivity index (χ0) is 15.4. The standard InChI is InChI=1S/C18H19N3O/c1-2-3-12-21-16-10-6-5-9-15(16)20-18(21)19-13-14-8-4-7-11-17(14)22/h4-11,13,22H,2-3,12H2,1H3. The van der Waals surface area contributed by atoms with Crippen molar-refractivity contribution in [3.63, 3.8) is 0 Å². The molecule has 0 aliphatic heterocycles. The summed E-state index contributed by atoms with van der Waals surface area (Å²) >= 11 is 0. The summed E-state index contributed by atoms with van der Waals surface area (Å²) in [6, 6.07) is 15.2. The maximum absolute atomic E-state index is 9.82. The smallest absolute Gasteiger partial charge is 0.230 e. The van der Waals surface area contributed by atoms with Crippen LogP contribution < -0.4 is 0 Å². The first-order chi connectivity index (χ1) is 10.8. The number of rotatable bonds is 5. The van der Waals surface area contributed by atoms with E-state index in [-0.39, 0.29) is 5.75 Å². The van der Waals surface area contributed by atoms with Crippen LogP contribution >= 0.6 is 0 Å². The summed E-state index contributed by atoms with van der Waals surface area (Å²) in [5, 5.41) is 9.82. The molecule has 0 fully saturated rings. The van der Waals surface area contributed by atoms with Gasteiger partial charge >= 0.3 is 0 Å². The molecule has 3 rings (SSSR count). The normalized spacial score (nSPS) is 11.5. The topological polar surface area (TPSA) is 50.4 Å². The molecule has 0 atom stereocenters. The van der Waals surface area contributed by atoms with Gasteiger partial charge in [0, 0.05) is 18.3 Å². The molecule has 3 aromatic rings. The summed E-state index contributed by atoms with van der Waals surface area (Å²) in [6.45, 7) is 3.06. The molecule has 0 saturated heterocycles. The van der Waals surface area contributed by atoms with E-state index in [1.54, 1.807) is 18.3 Å². The SMILES string of the molecule is CCCCn1c(N=Cc2ccccc2O)nc2ccccc21. The van der Waals surface area contributed by atoms with E-state index in [1.165, 1.54) is 0 Å². The van der Waals surface area contributed by atoms with Crippen molar-refractivity contribution in [2.24, 2.45) is 4.99 Å². The zero-order valence-electron chi connectivity index (χ0n) is 12.6. The number of phenolic OH excluding ortho intramolecular Hbond substituents is 1. The van der Waals surface area contributed by atoms with Gasteiger partial charge in [-0.25, -0.2) is 9.98 Å². The maximum atomic E-state index is 9.82. The monoisotopic (exact) mass is 293 g/mol. The summed E-state index contributed by atoms with van der Waals surface area (Å²) in [6.07, 6.45) is 3.87. The first kappa shape index (κ1) is 14.3. The highest BCUT2D eigenvalue weighted by Gasteiger charge is 2.08. The number of imidazole rings is 1. The van der Waals surface area contributed by atoms with Gasteiger partial charge in [-0.2, -0.15) is 0 Å². The van der Waals surface area contributed by atoms with Crippen molar-refractivity contribution in [3.05, 3.63) is 54.1 Å². The lowest BCUT2D eigenvalue weighted by molar-refractivity contribution is 0.474. The Morgan fingerprint density at radius 1 is 1.14 bits per heavy atom. The Labute approximate surface area is 129 Å². The molecule has 0 aliphatic carbocycles. The molecule has 4 nitrogen and oxygen atoms in total. The van der Waals surface area contributed by atoms with Gasteiger partial charge in [-0.15, -0.1) is 0 Å². The average molecular weight is 293 g/mol. The van der Waals surface area contributed by atoms with E-state index in [4.69, 9.17) is 0 Å². The van der Waals surface area contributed by atoms with Gasteiger partial charge in [-0.05, 0) is 30.7 Å². The molecular formula is C18H19N3O. The van der Waals surface area contributed by atoms with Crippen molar-refractivity contribution < 1.29 is 5.11 Å². The first-order valence-electron chi connectivity index (χ1n) is 7.57. The van der Waals surface area contributed by atoms with E-state index in [0.29, 0.717) is 11.5 Å². The summed E-state index contributed by atoms with van der Waals surface area (Å²) in [4.78, 5) is 9.09. The minimum Gasteiger partial charge on any atom is -0.507 e. The van der Waals surface area contributed by atoms with Crippen LogP contribution in [0.15, 0.2) is 53.5 Å². The lowest BCUT2D eigenvalue weighted by Crippen LogP contribution is -1.97. The fourth-order valence-electron chi connectivity index (χ4n) is 2.42. The predicted octanol–water partition coefficient (Wildman–Crippen LogP) is 4.29. The minimum absolute atomic E-state index is 0.225. The largest absolute Gasteiger partial charge is 0.507 e. The second-order valence-corrected chi connectivity index (χ2v) is 5.22. The number of hydrogen-bond donors (Lipinski definition) is 1. The molecule has 22 heavy (non-hydrogen) atoms. The third kappa shape index (κ3) is 2.86. The quantitative estimate of drug-likeness (QED) is 0.713. The second-order valence-electron chi connectivity index (χ2n) is 5.22. The van der Waals surface area contributed by atoms with Gasteiger partial charge in [0.15, 0.2) is 0 Å². The van der Waals surface area contributed by atoms with Crippen LogP contribution in [0, 0.1) is 0 Å². The van der Waals surface area contributed by atoms with Crippen LogP contribution in [0.2, 0.25) is 0 Å². The van der Waals surface area contributed by atoms with Crippen molar-refractivity contribution in [1.82, 2.24) is 9.55 Å². The molecule has 0 spiro atoms. The highest BCUT2D eigenvalue weighted by atomic mass is 16.3. The fraction of sp³-hybridized carbons (Fsp3) is 0.222. The van der Waals surface area contributed by atoms with Crippen LogP contribution in [0.3, 0.4) is 0 Å². The molecule has 0 bridgehead atoms. The third-order valence-corrected chi connectivity index (χ3v) is 3.63. The van der Waals surface area contributed by atoms with Gasteiger partial charge in [0.2, 0.25) is 5.95 Å². The first-order valence-corrected chi connectivity index (χ1v) is 7.57. The molecule has 0 amide bonds. The molecule has 2 aromatic carbocycles. The van der Waals surface area contributed by atoms with Crippen LogP contribution in [0.4, 0.5) is 5.95 Å². The van der Waals surface area contributed by atoms with Gasteiger partial charge in [0.05, 0.1) is 11.0 Å². The van der Waals surface area contributed by atoms with Crippen LogP contribution in [-0.4, -0.2) is 20.9 Å². The van der Waals surface area contributed by atoms with Crippen molar-refractivity contribution >= 4 is 23.2 Å². The van der Waals surface area contributed by atoms with Gasteiger partial charge < -0.3 is 9.67 Å². The Balaban J connectivity index is 2.00. The number of para-hydroxylation sites is 3. The number of benzene rings is 2. The molecule has 0 saturated carbocycles. The fourth-order valence-corrected chi connectivity index (χ4v) is 2.42. The van der Waals surface area contributed by atoms with Crippen LogP contribution in [0.1, 0.15) is 25.3 Å². The number of unbranched alkanes of at least 4 members (excludes halogenated alkanes) is 1. The summed E-state index contributed by atoms with van der Waals surface area (Å²) in [5.41, 5.74) is 2.74. The molecular weight excluding hydrogens is 274 g/mol. The molecule has 1 heterocycles. The van der Waals surface area contributed by atoms with Gasteiger partial charge in [0.1, 0.15) is 5.75 Å². The number of hydrogen-bond acceptors (Lipinski definition) is 3. The molecule has 112 valence electrons. The Hall–Kier alpha value is -2.62. The number of aryl methyl sites for hydroxylation is 1. The summed E-state index contributed by atoms with van der Waals surface area (Å²) in [7, 11) is 0. The Bertz CT molecular complexity index is 805. The van der Waals surface area contributed by atoms with Crippen molar-refractivity contribution in [3.8, 4) is 5.75 Å². The number of aromatic hydroxyl groups is 1. The number of aromatic nitrogens is 2. The summed E-state index contributed by atoms with van der Waals surface area (Å²) < 4.78 is 2.13. The second kappa shape index (κ2) is 6.43.